The molecule has 0 spiro atoms. The molecular weight excluding hydrogens is 270 g/mol. The molecular formula is C15H27N3OS. The van der Waals surface area contributed by atoms with E-state index in [0.29, 0.717) is 11.8 Å². The van der Waals surface area contributed by atoms with Gasteiger partial charge >= 0.3 is 0 Å². The third kappa shape index (κ3) is 4.25. The van der Waals surface area contributed by atoms with Crippen LogP contribution < -0.4 is 0 Å². The summed E-state index contributed by atoms with van der Waals surface area (Å²) in [5.74, 6) is 0.903. The van der Waals surface area contributed by atoms with E-state index in [1.165, 1.54) is 10.7 Å². The number of thiazole rings is 1. The Morgan fingerprint density at radius 2 is 2.25 bits per heavy atom. The number of aromatic nitrogens is 1. The number of piperidine rings is 1. The second-order valence-corrected chi connectivity index (χ2v) is 7.38. The van der Waals surface area contributed by atoms with E-state index in [1.807, 2.05) is 0 Å². The van der Waals surface area contributed by atoms with Crippen LogP contribution in [0.15, 0.2) is 5.38 Å². The van der Waals surface area contributed by atoms with Gasteiger partial charge in [-0.2, -0.15) is 0 Å². The normalized spacial score (nSPS) is 24.8. The van der Waals surface area contributed by atoms with E-state index in [4.69, 9.17) is 0 Å². The van der Waals surface area contributed by atoms with E-state index >= 15 is 0 Å². The van der Waals surface area contributed by atoms with Crippen molar-refractivity contribution in [1.82, 2.24) is 14.8 Å². The zero-order valence-electron chi connectivity index (χ0n) is 13.0. The number of likely N-dealkylation sites (tertiary alicyclic amines) is 1. The molecule has 1 N–H and O–H groups in total. The fourth-order valence-corrected chi connectivity index (χ4v) is 3.72. The van der Waals surface area contributed by atoms with Crippen molar-refractivity contribution < 1.29 is 5.11 Å². The van der Waals surface area contributed by atoms with Crippen molar-refractivity contribution in [3.8, 4) is 0 Å². The Bertz CT molecular complexity index is 419. The minimum absolute atomic E-state index is 0.212. The first kappa shape index (κ1) is 15.9. The molecule has 1 fully saturated rings. The Kier molecular flexibility index (Phi) is 5.55. The molecule has 1 aliphatic heterocycles. The van der Waals surface area contributed by atoms with Gasteiger partial charge in [0.1, 0.15) is 5.01 Å². The Morgan fingerprint density at radius 3 is 2.80 bits per heavy atom. The van der Waals surface area contributed by atoms with Gasteiger partial charge in [0.15, 0.2) is 0 Å². The van der Waals surface area contributed by atoms with Crippen LogP contribution in [0.3, 0.4) is 0 Å². The van der Waals surface area contributed by atoms with Gasteiger partial charge in [0.2, 0.25) is 0 Å². The standard InChI is InChI=1S/C15H27N3OS/c1-11(2)13-10-20-15(16-13)9-18-6-5-12(7-17(3)4)14(19)8-18/h10-12,14,19H,5-9H2,1-4H3/t12-,14+/m0/s1. The van der Waals surface area contributed by atoms with Gasteiger partial charge < -0.3 is 10.0 Å². The predicted molar refractivity (Wildman–Crippen MR) is 84.1 cm³/mol. The Morgan fingerprint density at radius 1 is 1.50 bits per heavy atom. The van der Waals surface area contributed by atoms with Crippen LogP contribution in [0.1, 0.15) is 36.9 Å². The lowest BCUT2D eigenvalue weighted by Crippen LogP contribution is -2.46. The van der Waals surface area contributed by atoms with Crippen molar-refractivity contribution in [3.63, 3.8) is 0 Å². The average molecular weight is 297 g/mol. The number of aliphatic hydroxyl groups is 1. The summed E-state index contributed by atoms with van der Waals surface area (Å²) in [6.07, 6.45) is 0.859. The van der Waals surface area contributed by atoms with Crippen LogP contribution in [0.2, 0.25) is 0 Å². The summed E-state index contributed by atoms with van der Waals surface area (Å²) in [6.45, 7) is 8.04. The summed E-state index contributed by atoms with van der Waals surface area (Å²) in [5, 5.41) is 13.6. The smallest absolute Gasteiger partial charge is 0.107 e. The highest BCUT2D eigenvalue weighted by atomic mass is 32.1. The molecule has 5 heteroatoms. The Labute approximate surface area is 126 Å². The summed E-state index contributed by atoms with van der Waals surface area (Å²) in [6, 6.07) is 0. The van der Waals surface area contributed by atoms with Crippen LogP contribution in [0.5, 0.6) is 0 Å². The van der Waals surface area contributed by atoms with Gasteiger partial charge in [-0.1, -0.05) is 13.8 Å². The van der Waals surface area contributed by atoms with Crippen molar-refractivity contribution in [3.05, 3.63) is 16.1 Å². The molecule has 0 radical (unpaired) electrons. The van der Waals surface area contributed by atoms with Crippen molar-refractivity contribution >= 4 is 11.3 Å². The summed E-state index contributed by atoms with van der Waals surface area (Å²) in [4.78, 5) is 9.18. The van der Waals surface area contributed by atoms with Crippen molar-refractivity contribution in [2.45, 2.75) is 38.8 Å². The molecule has 0 unspecified atom stereocenters. The first-order valence-electron chi connectivity index (χ1n) is 7.45. The van der Waals surface area contributed by atoms with E-state index in [9.17, 15) is 5.11 Å². The van der Waals surface area contributed by atoms with Gasteiger partial charge in [0, 0.05) is 18.5 Å². The second-order valence-electron chi connectivity index (χ2n) is 6.43. The maximum Gasteiger partial charge on any atom is 0.107 e. The zero-order chi connectivity index (χ0) is 14.7. The molecule has 4 nitrogen and oxygen atoms in total. The Balaban J connectivity index is 1.86. The number of β-amino-alcohol motifs (C(OH)–C–C–N with tert-alkyl or cyclic N) is 1. The third-order valence-corrected chi connectivity index (χ3v) is 4.78. The largest absolute Gasteiger partial charge is 0.391 e. The van der Waals surface area contributed by atoms with E-state index in [1.54, 1.807) is 11.3 Å². The van der Waals surface area contributed by atoms with E-state index in [2.05, 4.69) is 48.1 Å². The van der Waals surface area contributed by atoms with Gasteiger partial charge in [0.05, 0.1) is 18.3 Å². The van der Waals surface area contributed by atoms with Crippen LogP contribution in [0.4, 0.5) is 0 Å². The van der Waals surface area contributed by atoms with Gasteiger partial charge in [0.25, 0.3) is 0 Å². The van der Waals surface area contributed by atoms with Crippen molar-refractivity contribution in [2.24, 2.45) is 5.92 Å². The molecule has 1 saturated heterocycles. The summed E-state index contributed by atoms with van der Waals surface area (Å²) < 4.78 is 0. The number of aliphatic hydroxyl groups excluding tert-OH is 1. The van der Waals surface area contributed by atoms with Gasteiger partial charge in [-0.05, 0) is 38.9 Å². The summed E-state index contributed by atoms with van der Waals surface area (Å²) in [5.41, 5.74) is 1.19. The van der Waals surface area contributed by atoms with E-state index in [0.717, 1.165) is 32.6 Å². The van der Waals surface area contributed by atoms with Crippen molar-refractivity contribution in [2.75, 3.05) is 33.7 Å². The minimum atomic E-state index is -0.212. The van der Waals surface area contributed by atoms with Gasteiger partial charge in [-0.3, -0.25) is 4.90 Å². The first-order chi connectivity index (χ1) is 9.45. The summed E-state index contributed by atoms with van der Waals surface area (Å²) >= 11 is 1.74. The zero-order valence-corrected chi connectivity index (χ0v) is 13.9. The van der Waals surface area contributed by atoms with Gasteiger partial charge in [-0.25, -0.2) is 4.98 Å². The number of hydrogen-bond acceptors (Lipinski definition) is 5. The third-order valence-electron chi connectivity index (χ3n) is 3.93. The number of rotatable bonds is 5. The average Bonchev–Trinajstić information content (AvgIpc) is 2.81. The molecule has 0 amide bonds. The van der Waals surface area contributed by atoms with Crippen molar-refractivity contribution in [1.29, 1.82) is 0 Å². The van der Waals surface area contributed by atoms with Gasteiger partial charge in [-0.15, -0.1) is 11.3 Å². The maximum absolute atomic E-state index is 10.3. The van der Waals surface area contributed by atoms with E-state index < -0.39 is 0 Å². The molecule has 0 saturated carbocycles. The van der Waals surface area contributed by atoms with E-state index in [-0.39, 0.29) is 6.10 Å². The molecule has 20 heavy (non-hydrogen) atoms. The van der Waals surface area contributed by atoms with Crippen LogP contribution in [-0.4, -0.2) is 59.7 Å². The molecule has 0 bridgehead atoms. The SMILES string of the molecule is CC(C)c1csc(CN2CC[C@@H](CN(C)C)[C@H](O)C2)n1. The topological polar surface area (TPSA) is 39.6 Å². The highest BCUT2D eigenvalue weighted by Crippen LogP contribution is 2.23. The quantitative estimate of drug-likeness (QED) is 0.902. The molecule has 1 aliphatic rings. The fourth-order valence-electron chi connectivity index (χ4n) is 2.73. The minimum Gasteiger partial charge on any atom is -0.391 e. The summed E-state index contributed by atoms with van der Waals surface area (Å²) in [7, 11) is 4.14. The van der Waals surface area contributed by atoms with Crippen LogP contribution >= 0.6 is 11.3 Å². The molecule has 1 aromatic rings. The highest BCUT2D eigenvalue weighted by molar-refractivity contribution is 7.09. The molecule has 2 heterocycles. The van der Waals surface area contributed by atoms with Crippen LogP contribution in [-0.2, 0) is 6.54 Å². The predicted octanol–water partition coefficient (Wildman–Crippen LogP) is 2.01. The Hall–Kier alpha value is -0.490. The monoisotopic (exact) mass is 297 g/mol. The molecule has 2 atom stereocenters. The molecule has 1 aromatic heterocycles. The lowest BCUT2D eigenvalue weighted by atomic mass is 9.93. The lowest BCUT2D eigenvalue weighted by molar-refractivity contribution is 0.00912. The maximum atomic E-state index is 10.3. The molecule has 0 aliphatic carbocycles. The van der Waals surface area contributed by atoms with Crippen LogP contribution in [0.25, 0.3) is 0 Å². The molecule has 114 valence electrons. The first-order valence-corrected chi connectivity index (χ1v) is 8.33. The second kappa shape index (κ2) is 6.98. The fraction of sp³-hybridized carbons (Fsp3) is 0.800. The molecule has 2 rings (SSSR count). The lowest BCUT2D eigenvalue weighted by Gasteiger charge is -2.36. The highest BCUT2D eigenvalue weighted by Gasteiger charge is 2.28. The van der Waals surface area contributed by atoms with Crippen LogP contribution in [0, 0.1) is 5.92 Å². The molecule has 0 aromatic carbocycles. The number of hydrogen-bond donors (Lipinski definition) is 1. The number of nitrogens with zero attached hydrogens (tertiary/aromatic N) is 3.